The maximum Gasteiger partial charge on any atom is 0.317 e. The van der Waals surface area contributed by atoms with E-state index in [9.17, 15) is 4.79 Å². The summed E-state index contributed by atoms with van der Waals surface area (Å²) in [5, 5.41) is 2.85. The maximum atomic E-state index is 11.4. The van der Waals surface area contributed by atoms with Gasteiger partial charge in [0.25, 0.3) is 0 Å². The van der Waals surface area contributed by atoms with E-state index in [1.807, 2.05) is 13.8 Å². The fraction of sp³-hybridized carbons (Fsp3) is 0.889. The third-order valence-corrected chi connectivity index (χ3v) is 1.96. The Morgan fingerprint density at radius 1 is 1.31 bits per heavy atom. The molecule has 0 aromatic heterocycles. The van der Waals surface area contributed by atoms with Gasteiger partial charge in [-0.25, -0.2) is 4.79 Å². The number of carbonyl (C=O) groups is 1. The van der Waals surface area contributed by atoms with Gasteiger partial charge in [-0.15, -0.1) is 0 Å². The molecule has 0 radical (unpaired) electrons. The summed E-state index contributed by atoms with van der Waals surface area (Å²) in [5.74, 6) is 0. The van der Waals surface area contributed by atoms with Gasteiger partial charge in [-0.2, -0.15) is 0 Å². The molecule has 0 aliphatic carbocycles. The van der Waals surface area contributed by atoms with Crippen LogP contribution in [0.25, 0.3) is 0 Å². The quantitative estimate of drug-likeness (QED) is 0.604. The van der Waals surface area contributed by atoms with E-state index < -0.39 is 0 Å². The van der Waals surface area contributed by atoms with E-state index in [1.54, 1.807) is 4.90 Å². The largest absolute Gasteiger partial charge is 0.338 e. The van der Waals surface area contributed by atoms with Crippen LogP contribution in [-0.2, 0) is 0 Å². The Hall–Kier alpha value is -0.770. The number of carbonyl (C=O) groups excluding carboxylic acids is 1. The minimum atomic E-state index is 0.0296. The highest BCUT2D eigenvalue weighted by Gasteiger charge is 2.06. The standard InChI is InChI=1S/C9H21N3O/c1-3-12(4-2)9(13)11-8-6-5-7-10/h3-8,10H2,1-2H3,(H,11,13). The van der Waals surface area contributed by atoms with Crippen molar-refractivity contribution in [1.82, 2.24) is 10.2 Å². The first kappa shape index (κ1) is 12.2. The molecule has 13 heavy (non-hydrogen) atoms. The van der Waals surface area contributed by atoms with Crippen molar-refractivity contribution in [3.63, 3.8) is 0 Å². The van der Waals surface area contributed by atoms with Gasteiger partial charge in [0, 0.05) is 19.6 Å². The van der Waals surface area contributed by atoms with Crippen molar-refractivity contribution in [1.29, 1.82) is 0 Å². The average molecular weight is 187 g/mol. The number of urea groups is 1. The zero-order valence-electron chi connectivity index (χ0n) is 8.68. The number of hydrogen-bond acceptors (Lipinski definition) is 2. The number of amides is 2. The van der Waals surface area contributed by atoms with Gasteiger partial charge in [0.2, 0.25) is 0 Å². The molecule has 0 fully saturated rings. The highest BCUT2D eigenvalue weighted by molar-refractivity contribution is 5.73. The van der Waals surface area contributed by atoms with Crippen LogP contribution in [-0.4, -0.2) is 37.1 Å². The summed E-state index contributed by atoms with van der Waals surface area (Å²) in [7, 11) is 0. The molecule has 3 N–H and O–H groups in total. The first-order valence-electron chi connectivity index (χ1n) is 4.99. The summed E-state index contributed by atoms with van der Waals surface area (Å²) < 4.78 is 0. The third kappa shape index (κ3) is 5.47. The van der Waals surface area contributed by atoms with Crippen molar-refractivity contribution < 1.29 is 4.79 Å². The summed E-state index contributed by atoms with van der Waals surface area (Å²) >= 11 is 0. The second kappa shape index (κ2) is 7.86. The second-order valence-electron chi connectivity index (χ2n) is 2.90. The Kier molecular flexibility index (Phi) is 7.39. The molecule has 0 aliphatic rings. The second-order valence-corrected chi connectivity index (χ2v) is 2.90. The Bertz CT molecular complexity index is 135. The van der Waals surface area contributed by atoms with E-state index in [4.69, 9.17) is 5.73 Å². The van der Waals surface area contributed by atoms with E-state index in [2.05, 4.69) is 5.32 Å². The van der Waals surface area contributed by atoms with Crippen LogP contribution in [0.1, 0.15) is 26.7 Å². The zero-order chi connectivity index (χ0) is 10.1. The van der Waals surface area contributed by atoms with Gasteiger partial charge in [0.1, 0.15) is 0 Å². The number of hydrogen-bond donors (Lipinski definition) is 2. The molecule has 0 rings (SSSR count). The minimum Gasteiger partial charge on any atom is -0.338 e. The van der Waals surface area contributed by atoms with Crippen molar-refractivity contribution >= 4 is 6.03 Å². The number of nitrogens with two attached hydrogens (primary N) is 1. The molecule has 2 amide bonds. The lowest BCUT2D eigenvalue weighted by Gasteiger charge is -2.18. The molecule has 0 atom stereocenters. The molecular formula is C9H21N3O. The monoisotopic (exact) mass is 187 g/mol. The molecule has 0 aromatic carbocycles. The van der Waals surface area contributed by atoms with Crippen LogP contribution >= 0.6 is 0 Å². The van der Waals surface area contributed by atoms with Crippen LogP contribution < -0.4 is 11.1 Å². The van der Waals surface area contributed by atoms with Crippen molar-refractivity contribution in [2.45, 2.75) is 26.7 Å². The van der Waals surface area contributed by atoms with E-state index in [0.29, 0.717) is 6.54 Å². The summed E-state index contributed by atoms with van der Waals surface area (Å²) in [6.45, 7) is 6.90. The number of nitrogens with one attached hydrogen (secondary N) is 1. The smallest absolute Gasteiger partial charge is 0.317 e. The van der Waals surface area contributed by atoms with Gasteiger partial charge >= 0.3 is 6.03 Å². The first-order valence-corrected chi connectivity index (χ1v) is 4.99. The van der Waals surface area contributed by atoms with E-state index in [1.165, 1.54) is 0 Å². The van der Waals surface area contributed by atoms with Crippen molar-refractivity contribution in [2.24, 2.45) is 5.73 Å². The van der Waals surface area contributed by atoms with E-state index in [0.717, 1.165) is 32.5 Å². The van der Waals surface area contributed by atoms with Gasteiger partial charge in [-0.1, -0.05) is 0 Å². The Morgan fingerprint density at radius 2 is 1.92 bits per heavy atom. The maximum absolute atomic E-state index is 11.4. The molecule has 0 spiro atoms. The number of unbranched alkanes of at least 4 members (excludes halogenated alkanes) is 1. The summed E-state index contributed by atoms with van der Waals surface area (Å²) in [5.41, 5.74) is 5.33. The molecular weight excluding hydrogens is 166 g/mol. The van der Waals surface area contributed by atoms with E-state index >= 15 is 0 Å². The molecule has 0 aliphatic heterocycles. The van der Waals surface area contributed by atoms with Crippen molar-refractivity contribution in [3.05, 3.63) is 0 Å². The lowest BCUT2D eigenvalue weighted by Crippen LogP contribution is -2.40. The van der Waals surface area contributed by atoms with Gasteiger partial charge in [-0.3, -0.25) is 0 Å². The Labute approximate surface area is 80.5 Å². The molecule has 4 heteroatoms. The molecule has 78 valence electrons. The van der Waals surface area contributed by atoms with E-state index in [-0.39, 0.29) is 6.03 Å². The lowest BCUT2D eigenvalue weighted by atomic mass is 10.3. The Balaban J connectivity index is 3.48. The number of rotatable bonds is 6. The minimum absolute atomic E-state index is 0.0296. The van der Waals surface area contributed by atoms with Crippen molar-refractivity contribution in [3.8, 4) is 0 Å². The summed E-state index contributed by atoms with van der Waals surface area (Å²) in [6.07, 6.45) is 1.93. The SMILES string of the molecule is CCN(CC)C(=O)NCCCCN. The predicted molar refractivity (Wildman–Crippen MR) is 54.6 cm³/mol. The summed E-state index contributed by atoms with van der Waals surface area (Å²) in [4.78, 5) is 13.1. The van der Waals surface area contributed by atoms with Crippen molar-refractivity contribution in [2.75, 3.05) is 26.2 Å². The van der Waals surface area contributed by atoms with Crippen LogP contribution in [0.2, 0.25) is 0 Å². The molecule has 0 heterocycles. The molecule has 0 aromatic rings. The number of nitrogens with zero attached hydrogens (tertiary/aromatic N) is 1. The van der Waals surface area contributed by atoms with Gasteiger partial charge in [0.05, 0.1) is 0 Å². The average Bonchev–Trinajstić information content (AvgIpc) is 2.14. The first-order chi connectivity index (χ1) is 6.26. The molecule has 0 saturated carbocycles. The van der Waals surface area contributed by atoms with Crippen LogP contribution in [0.15, 0.2) is 0 Å². The van der Waals surface area contributed by atoms with Gasteiger partial charge in [-0.05, 0) is 33.2 Å². The zero-order valence-corrected chi connectivity index (χ0v) is 8.68. The normalized spacial score (nSPS) is 9.77. The highest BCUT2D eigenvalue weighted by Crippen LogP contribution is 1.89. The Morgan fingerprint density at radius 3 is 2.38 bits per heavy atom. The van der Waals surface area contributed by atoms with Gasteiger partial charge in [0.15, 0.2) is 0 Å². The predicted octanol–water partition coefficient (Wildman–Crippen LogP) is 0.777. The van der Waals surface area contributed by atoms with Crippen LogP contribution in [0, 0.1) is 0 Å². The molecule has 0 saturated heterocycles. The van der Waals surface area contributed by atoms with Crippen LogP contribution in [0.4, 0.5) is 4.79 Å². The third-order valence-electron chi connectivity index (χ3n) is 1.96. The topological polar surface area (TPSA) is 58.4 Å². The molecule has 0 bridgehead atoms. The van der Waals surface area contributed by atoms with Crippen LogP contribution in [0.5, 0.6) is 0 Å². The molecule has 0 unspecified atom stereocenters. The van der Waals surface area contributed by atoms with Gasteiger partial charge < -0.3 is 16.0 Å². The van der Waals surface area contributed by atoms with Crippen LogP contribution in [0.3, 0.4) is 0 Å². The summed E-state index contributed by atoms with van der Waals surface area (Å²) in [6, 6.07) is 0.0296. The lowest BCUT2D eigenvalue weighted by molar-refractivity contribution is 0.203. The fourth-order valence-electron chi connectivity index (χ4n) is 1.09. The highest BCUT2D eigenvalue weighted by atomic mass is 16.2. The molecule has 4 nitrogen and oxygen atoms in total. The fourth-order valence-corrected chi connectivity index (χ4v) is 1.09.